The third-order valence-corrected chi connectivity index (χ3v) is 6.78. The molecule has 4 rings (SSSR count). The molecular weight excluding hydrogens is 384 g/mol. The van der Waals surface area contributed by atoms with E-state index >= 15 is 0 Å². The largest absolute Gasteiger partial charge is 0.468 e. The zero-order valence-corrected chi connectivity index (χ0v) is 16.1. The van der Waals surface area contributed by atoms with Crippen LogP contribution in [0.1, 0.15) is 12.5 Å². The Morgan fingerprint density at radius 2 is 2.00 bits per heavy atom. The number of methoxy groups -OCH3 is 1. The zero-order valence-electron chi connectivity index (χ0n) is 15.3. The molecule has 0 saturated heterocycles. The molecule has 9 heteroatoms. The number of oxazole rings is 1. The SMILES string of the molecule is COC(=O)Cn1c(=O)oc2cc(S(=O)(=O)N3c4ccccc4C[C@@H]3C)ccc21. The van der Waals surface area contributed by atoms with E-state index in [-0.39, 0.29) is 23.1 Å². The molecule has 0 fully saturated rings. The maximum Gasteiger partial charge on any atom is 0.420 e. The number of fused-ring (bicyclic) bond motifs is 2. The Kier molecular flexibility index (Phi) is 4.26. The first-order chi connectivity index (χ1) is 13.3. The molecule has 0 N–H and O–H groups in total. The van der Waals surface area contributed by atoms with Crippen LogP contribution in [0.5, 0.6) is 0 Å². The first-order valence-electron chi connectivity index (χ1n) is 8.65. The van der Waals surface area contributed by atoms with Crippen molar-refractivity contribution < 1.29 is 22.4 Å². The van der Waals surface area contributed by atoms with Crippen LogP contribution in [0.3, 0.4) is 0 Å². The highest BCUT2D eigenvalue weighted by Gasteiger charge is 2.36. The second-order valence-corrected chi connectivity index (χ2v) is 8.46. The molecular formula is C19H18N2O6S. The number of hydrogen-bond donors (Lipinski definition) is 0. The fraction of sp³-hybridized carbons (Fsp3) is 0.263. The Hall–Kier alpha value is -3.07. The third-order valence-electron chi connectivity index (χ3n) is 4.86. The van der Waals surface area contributed by atoms with E-state index < -0.39 is 21.7 Å². The Morgan fingerprint density at radius 3 is 2.75 bits per heavy atom. The maximum atomic E-state index is 13.3. The van der Waals surface area contributed by atoms with Gasteiger partial charge in [-0.25, -0.2) is 13.2 Å². The molecule has 2 aromatic carbocycles. The topological polar surface area (TPSA) is 98.8 Å². The first kappa shape index (κ1) is 18.3. The number of esters is 1. The minimum atomic E-state index is -3.85. The lowest BCUT2D eigenvalue weighted by molar-refractivity contribution is -0.141. The molecule has 1 atom stereocenters. The van der Waals surface area contributed by atoms with Gasteiger partial charge in [-0.1, -0.05) is 18.2 Å². The van der Waals surface area contributed by atoms with Gasteiger partial charge < -0.3 is 9.15 Å². The van der Waals surface area contributed by atoms with E-state index in [4.69, 9.17) is 4.42 Å². The number of hydrogen-bond acceptors (Lipinski definition) is 6. The lowest BCUT2D eigenvalue weighted by Gasteiger charge is -2.24. The summed E-state index contributed by atoms with van der Waals surface area (Å²) in [6.07, 6.45) is 0.627. The zero-order chi connectivity index (χ0) is 20.1. The van der Waals surface area contributed by atoms with Crippen LogP contribution in [0.25, 0.3) is 11.1 Å². The van der Waals surface area contributed by atoms with Crippen LogP contribution in [-0.2, 0) is 32.5 Å². The van der Waals surface area contributed by atoms with Gasteiger partial charge in [0.2, 0.25) is 0 Å². The number of anilines is 1. The summed E-state index contributed by atoms with van der Waals surface area (Å²) in [7, 11) is -2.64. The van der Waals surface area contributed by atoms with Gasteiger partial charge in [0.25, 0.3) is 10.0 Å². The average molecular weight is 402 g/mol. The van der Waals surface area contributed by atoms with E-state index in [0.717, 1.165) is 10.1 Å². The molecule has 1 aromatic heterocycles. The number of rotatable bonds is 4. The van der Waals surface area contributed by atoms with E-state index in [9.17, 15) is 18.0 Å². The normalized spacial score (nSPS) is 16.4. The Labute approximate surface area is 161 Å². The Morgan fingerprint density at radius 1 is 1.25 bits per heavy atom. The van der Waals surface area contributed by atoms with Crippen molar-refractivity contribution in [3.8, 4) is 0 Å². The molecule has 0 bridgehead atoms. The van der Waals surface area contributed by atoms with Crippen LogP contribution in [0.2, 0.25) is 0 Å². The van der Waals surface area contributed by atoms with Gasteiger partial charge in [-0.15, -0.1) is 0 Å². The number of ether oxygens (including phenoxy) is 1. The minimum Gasteiger partial charge on any atom is -0.468 e. The summed E-state index contributed by atoms with van der Waals surface area (Å²) < 4.78 is 38.8. The second kappa shape index (κ2) is 6.52. The van der Waals surface area contributed by atoms with Crippen molar-refractivity contribution in [2.45, 2.75) is 30.8 Å². The number of carbonyl (C=O) groups is 1. The molecule has 0 radical (unpaired) electrons. The molecule has 1 aliphatic heterocycles. The Bertz CT molecular complexity index is 1240. The van der Waals surface area contributed by atoms with Gasteiger partial charge in [-0.3, -0.25) is 13.7 Å². The standard InChI is InChI=1S/C19H18N2O6S/c1-12-9-13-5-3-4-6-15(13)21(12)28(24,25)14-7-8-16-17(10-14)27-19(23)20(16)11-18(22)26-2/h3-8,10,12H,9,11H2,1-2H3/t12-/m0/s1. The van der Waals surface area contributed by atoms with Crippen molar-refractivity contribution in [3.63, 3.8) is 0 Å². The summed E-state index contributed by atoms with van der Waals surface area (Å²) in [5, 5.41) is 0. The minimum absolute atomic E-state index is 0.0162. The summed E-state index contributed by atoms with van der Waals surface area (Å²) in [6.45, 7) is 1.54. The predicted octanol–water partition coefficient (Wildman–Crippen LogP) is 1.91. The van der Waals surface area contributed by atoms with Crippen LogP contribution in [0.4, 0.5) is 5.69 Å². The maximum absolute atomic E-state index is 13.3. The van der Waals surface area contributed by atoms with E-state index in [1.807, 2.05) is 19.1 Å². The van der Waals surface area contributed by atoms with E-state index in [2.05, 4.69) is 4.74 Å². The van der Waals surface area contributed by atoms with Crippen LogP contribution in [0, 0.1) is 0 Å². The summed E-state index contributed by atoms with van der Waals surface area (Å²) in [6, 6.07) is 11.3. The summed E-state index contributed by atoms with van der Waals surface area (Å²) >= 11 is 0. The molecule has 0 saturated carbocycles. The van der Waals surface area contributed by atoms with E-state index in [1.165, 1.54) is 29.6 Å². The van der Waals surface area contributed by atoms with Crippen LogP contribution in [0.15, 0.2) is 56.6 Å². The fourth-order valence-corrected chi connectivity index (χ4v) is 5.28. The number of sulfonamides is 1. The molecule has 0 amide bonds. The highest BCUT2D eigenvalue weighted by Crippen LogP contribution is 2.36. The molecule has 0 unspecified atom stereocenters. The van der Waals surface area contributed by atoms with Crippen molar-refractivity contribution in [3.05, 3.63) is 58.6 Å². The van der Waals surface area contributed by atoms with Crippen molar-refractivity contribution in [1.29, 1.82) is 0 Å². The average Bonchev–Trinajstić information content (AvgIpc) is 3.17. The molecule has 0 spiro atoms. The van der Waals surface area contributed by atoms with Crippen molar-refractivity contribution in [2.75, 3.05) is 11.4 Å². The van der Waals surface area contributed by atoms with Gasteiger partial charge in [0, 0.05) is 12.1 Å². The lowest BCUT2D eigenvalue weighted by Crippen LogP contribution is -2.35. The van der Waals surface area contributed by atoms with E-state index in [1.54, 1.807) is 12.1 Å². The number of nitrogens with zero attached hydrogens (tertiary/aromatic N) is 2. The Balaban J connectivity index is 1.79. The number of benzene rings is 2. The number of carbonyl (C=O) groups excluding carboxylic acids is 1. The summed E-state index contributed by atoms with van der Waals surface area (Å²) in [5.41, 5.74) is 2.04. The molecule has 3 aromatic rings. The highest BCUT2D eigenvalue weighted by atomic mass is 32.2. The monoisotopic (exact) mass is 402 g/mol. The van der Waals surface area contributed by atoms with Crippen LogP contribution >= 0.6 is 0 Å². The number of para-hydroxylation sites is 1. The van der Waals surface area contributed by atoms with Gasteiger partial charge in [0.1, 0.15) is 6.54 Å². The van der Waals surface area contributed by atoms with E-state index in [0.29, 0.717) is 17.6 Å². The van der Waals surface area contributed by atoms with Crippen molar-refractivity contribution >= 4 is 32.8 Å². The molecule has 146 valence electrons. The smallest absolute Gasteiger partial charge is 0.420 e. The van der Waals surface area contributed by atoms with Gasteiger partial charge in [0.15, 0.2) is 5.58 Å². The second-order valence-electron chi connectivity index (χ2n) is 6.64. The van der Waals surface area contributed by atoms with Crippen LogP contribution in [-0.4, -0.2) is 32.1 Å². The molecule has 1 aliphatic rings. The summed E-state index contributed by atoms with van der Waals surface area (Å²) in [4.78, 5) is 23.6. The van der Waals surface area contributed by atoms with Gasteiger partial charge in [-0.05, 0) is 37.1 Å². The molecule has 0 aliphatic carbocycles. The number of aromatic nitrogens is 1. The van der Waals surface area contributed by atoms with Gasteiger partial charge >= 0.3 is 11.7 Å². The third kappa shape index (κ3) is 2.78. The molecule has 2 heterocycles. The highest BCUT2D eigenvalue weighted by molar-refractivity contribution is 7.92. The lowest BCUT2D eigenvalue weighted by atomic mass is 10.1. The van der Waals surface area contributed by atoms with Gasteiger partial charge in [-0.2, -0.15) is 0 Å². The quantitative estimate of drug-likeness (QED) is 0.618. The predicted molar refractivity (Wildman–Crippen MR) is 102 cm³/mol. The van der Waals surface area contributed by atoms with Crippen LogP contribution < -0.4 is 10.1 Å². The van der Waals surface area contributed by atoms with Crippen molar-refractivity contribution in [1.82, 2.24) is 4.57 Å². The van der Waals surface area contributed by atoms with Crippen molar-refractivity contribution in [2.24, 2.45) is 0 Å². The fourth-order valence-electron chi connectivity index (χ4n) is 3.57. The molecule has 8 nitrogen and oxygen atoms in total. The van der Waals surface area contributed by atoms with Gasteiger partial charge in [0.05, 0.1) is 23.2 Å². The first-order valence-corrected chi connectivity index (χ1v) is 10.1. The molecule has 28 heavy (non-hydrogen) atoms. The summed E-state index contributed by atoms with van der Waals surface area (Å²) in [5.74, 6) is -1.36.